The highest BCUT2D eigenvalue weighted by atomic mass is 32.2. The van der Waals surface area contributed by atoms with Gasteiger partial charge in [-0.3, -0.25) is 4.98 Å². The van der Waals surface area contributed by atoms with Crippen LogP contribution in [0.3, 0.4) is 0 Å². The largest absolute Gasteiger partial charge is 0.484 e. The molecule has 0 N–H and O–H groups in total. The van der Waals surface area contributed by atoms with Crippen LogP contribution in [-0.4, -0.2) is 37.2 Å². The van der Waals surface area contributed by atoms with Crippen molar-refractivity contribution in [3.63, 3.8) is 0 Å². The lowest BCUT2D eigenvalue weighted by Crippen LogP contribution is -2.19. The van der Waals surface area contributed by atoms with Gasteiger partial charge < -0.3 is 4.74 Å². The number of fused-ring (bicyclic) bond motifs is 1. The van der Waals surface area contributed by atoms with Crippen molar-refractivity contribution in [1.29, 1.82) is 0 Å². The number of pyridine rings is 1. The highest BCUT2D eigenvalue weighted by Gasteiger charge is 2.29. The van der Waals surface area contributed by atoms with Crippen molar-refractivity contribution in [3.05, 3.63) is 42.1 Å². The Morgan fingerprint density at radius 1 is 1.24 bits per heavy atom. The van der Waals surface area contributed by atoms with Crippen molar-refractivity contribution >= 4 is 22.0 Å². The molecule has 9 heteroatoms. The minimum Gasteiger partial charge on any atom is -0.484 e. The van der Waals surface area contributed by atoms with Crippen molar-refractivity contribution in [3.8, 4) is 17.3 Å². The van der Waals surface area contributed by atoms with Gasteiger partial charge in [0, 0.05) is 18.0 Å². The molecule has 2 heterocycles. The molecule has 0 bridgehead atoms. The van der Waals surface area contributed by atoms with Gasteiger partial charge in [-0.15, -0.1) is 0 Å². The van der Waals surface area contributed by atoms with Crippen LogP contribution in [0.4, 0.5) is 13.2 Å². The maximum Gasteiger partial charge on any atom is 0.422 e. The van der Waals surface area contributed by atoms with Crippen LogP contribution in [0.25, 0.3) is 22.6 Å². The smallest absolute Gasteiger partial charge is 0.422 e. The molecule has 132 valence electrons. The average Bonchev–Trinajstić information content (AvgIpc) is 2.92. The van der Waals surface area contributed by atoms with Crippen molar-refractivity contribution in [1.82, 2.24) is 13.9 Å². The van der Waals surface area contributed by atoms with Gasteiger partial charge in [0.25, 0.3) is 0 Å². The Morgan fingerprint density at radius 2 is 1.96 bits per heavy atom. The molecule has 1 atom stereocenters. The molecule has 0 amide bonds. The molecule has 5 nitrogen and oxygen atoms in total. The van der Waals surface area contributed by atoms with Crippen LogP contribution in [0.2, 0.25) is 0 Å². The van der Waals surface area contributed by atoms with E-state index in [9.17, 15) is 17.4 Å². The molecule has 0 saturated heterocycles. The maximum atomic E-state index is 12.4. The van der Waals surface area contributed by atoms with Gasteiger partial charge in [0.2, 0.25) is 0 Å². The number of hydrogen-bond acceptors (Lipinski definition) is 4. The third-order valence-corrected chi connectivity index (χ3v) is 4.42. The first kappa shape index (κ1) is 17.4. The minimum absolute atomic E-state index is 0.0582. The molecule has 0 radical (unpaired) electrons. The number of para-hydroxylation sites is 2. The van der Waals surface area contributed by atoms with Gasteiger partial charge in [0.1, 0.15) is 22.4 Å². The second-order valence-corrected chi connectivity index (χ2v) is 6.54. The molecule has 0 aliphatic rings. The summed E-state index contributed by atoms with van der Waals surface area (Å²) >= 11 is 0. The van der Waals surface area contributed by atoms with Gasteiger partial charge in [0.15, 0.2) is 12.4 Å². The average molecular weight is 369 g/mol. The summed E-state index contributed by atoms with van der Waals surface area (Å²) in [7, 11) is -1.42. The van der Waals surface area contributed by atoms with Gasteiger partial charge in [-0.25, -0.2) is 13.2 Å². The standard InChI is InChI=1S/C16H14F3N3O2S/c1-10-13(24-9-16(17,18)19)7-8-20-14(10)15-21-11-5-3-4-6-12(11)22(15)25(2)23/h3-8H,9H2,1-2H3. The topological polar surface area (TPSA) is 57.0 Å². The van der Waals surface area contributed by atoms with E-state index in [4.69, 9.17) is 4.74 Å². The summed E-state index contributed by atoms with van der Waals surface area (Å²) in [4.78, 5) is 8.66. The number of nitrogens with zero attached hydrogens (tertiary/aromatic N) is 3. The van der Waals surface area contributed by atoms with E-state index >= 15 is 0 Å². The van der Waals surface area contributed by atoms with Gasteiger partial charge in [-0.1, -0.05) is 12.1 Å². The Bertz CT molecular complexity index is 953. The van der Waals surface area contributed by atoms with E-state index in [1.54, 1.807) is 31.2 Å². The number of halogens is 3. The molecule has 0 aliphatic heterocycles. The predicted octanol–water partition coefficient (Wildman–Crippen LogP) is 3.49. The van der Waals surface area contributed by atoms with E-state index < -0.39 is 23.8 Å². The molecule has 0 saturated carbocycles. The lowest BCUT2D eigenvalue weighted by molar-refractivity contribution is -0.153. The summed E-state index contributed by atoms with van der Waals surface area (Å²) < 4.78 is 55.8. The third-order valence-electron chi connectivity index (χ3n) is 3.53. The fraction of sp³-hybridized carbons (Fsp3) is 0.250. The monoisotopic (exact) mass is 369 g/mol. The lowest BCUT2D eigenvalue weighted by Gasteiger charge is -2.13. The first-order chi connectivity index (χ1) is 11.8. The number of benzene rings is 1. The Labute approximate surface area is 144 Å². The molecular weight excluding hydrogens is 355 g/mol. The van der Waals surface area contributed by atoms with Crippen molar-refractivity contribution in [2.45, 2.75) is 13.1 Å². The first-order valence-electron chi connectivity index (χ1n) is 7.25. The summed E-state index contributed by atoms with van der Waals surface area (Å²) in [6.45, 7) is 0.198. The number of alkyl halides is 3. The number of hydrogen-bond donors (Lipinski definition) is 0. The molecular formula is C16H14F3N3O2S. The minimum atomic E-state index is -4.44. The van der Waals surface area contributed by atoms with Crippen LogP contribution >= 0.6 is 0 Å². The summed E-state index contributed by atoms with van der Waals surface area (Å²) in [5.41, 5.74) is 2.00. The van der Waals surface area contributed by atoms with Crippen molar-refractivity contribution in [2.75, 3.05) is 12.9 Å². The SMILES string of the molecule is Cc1c(OCC(F)(F)F)ccnc1-c1nc2ccccc2n1S(C)=O. The second-order valence-electron chi connectivity index (χ2n) is 5.33. The summed E-state index contributed by atoms with van der Waals surface area (Å²) in [6, 6.07) is 8.49. The van der Waals surface area contributed by atoms with Crippen LogP contribution in [0.15, 0.2) is 36.5 Å². The molecule has 0 spiro atoms. The molecule has 3 aromatic rings. The number of ether oxygens (including phenoxy) is 1. The van der Waals surface area contributed by atoms with Crippen molar-refractivity contribution < 1.29 is 22.1 Å². The summed E-state index contributed by atoms with van der Waals surface area (Å²) in [6.07, 6.45) is -1.60. The van der Waals surface area contributed by atoms with Gasteiger partial charge in [-0.2, -0.15) is 13.2 Å². The highest BCUT2D eigenvalue weighted by Crippen LogP contribution is 2.31. The zero-order valence-corrected chi connectivity index (χ0v) is 14.2. The zero-order chi connectivity index (χ0) is 18.2. The molecule has 3 rings (SSSR count). The van der Waals surface area contributed by atoms with E-state index in [-0.39, 0.29) is 5.75 Å². The Hall–Kier alpha value is -2.42. The quantitative estimate of drug-likeness (QED) is 0.706. The van der Waals surface area contributed by atoms with Gasteiger partial charge in [0.05, 0.1) is 11.0 Å². The van der Waals surface area contributed by atoms with Crippen LogP contribution in [0.5, 0.6) is 5.75 Å². The number of imidazole rings is 1. The Balaban J connectivity index is 2.13. The highest BCUT2D eigenvalue weighted by molar-refractivity contribution is 7.83. The van der Waals surface area contributed by atoms with Crippen LogP contribution in [0.1, 0.15) is 5.56 Å². The first-order valence-corrected chi connectivity index (χ1v) is 8.76. The van der Waals surface area contributed by atoms with Crippen LogP contribution in [0, 0.1) is 6.92 Å². The molecule has 1 unspecified atom stereocenters. The van der Waals surface area contributed by atoms with Crippen LogP contribution < -0.4 is 4.74 Å². The van der Waals surface area contributed by atoms with E-state index in [1.165, 1.54) is 22.5 Å². The second kappa shape index (κ2) is 6.47. The summed E-state index contributed by atoms with van der Waals surface area (Å²) in [5.74, 6) is 0.375. The maximum absolute atomic E-state index is 12.4. The van der Waals surface area contributed by atoms with E-state index in [1.807, 2.05) is 0 Å². The number of aromatic nitrogens is 3. The van der Waals surface area contributed by atoms with Gasteiger partial charge >= 0.3 is 6.18 Å². The summed E-state index contributed by atoms with van der Waals surface area (Å²) in [5, 5.41) is 0. The Morgan fingerprint density at radius 3 is 2.64 bits per heavy atom. The lowest BCUT2D eigenvalue weighted by atomic mass is 10.2. The molecule has 0 aliphatic carbocycles. The fourth-order valence-corrected chi connectivity index (χ4v) is 3.28. The normalized spacial score (nSPS) is 13.2. The fourth-order valence-electron chi connectivity index (χ4n) is 2.47. The molecule has 1 aromatic carbocycles. The zero-order valence-electron chi connectivity index (χ0n) is 13.4. The molecule has 2 aromatic heterocycles. The molecule has 0 fully saturated rings. The number of rotatable bonds is 4. The van der Waals surface area contributed by atoms with E-state index in [0.717, 1.165) is 0 Å². The van der Waals surface area contributed by atoms with Crippen molar-refractivity contribution in [2.24, 2.45) is 0 Å². The van der Waals surface area contributed by atoms with E-state index in [2.05, 4.69) is 9.97 Å². The van der Waals surface area contributed by atoms with Crippen LogP contribution in [-0.2, 0) is 11.0 Å². The van der Waals surface area contributed by atoms with Gasteiger partial charge in [-0.05, 0) is 25.1 Å². The van der Waals surface area contributed by atoms with E-state index in [0.29, 0.717) is 28.1 Å². The molecule has 25 heavy (non-hydrogen) atoms. The Kier molecular flexibility index (Phi) is 4.51. The predicted molar refractivity (Wildman–Crippen MR) is 88.7 cm³/mol. The third kappa shape index (κ3) is 3.51.